The number of hydrogen-bond donors (Lipinski definition) is 1. The summed E-state index contributed by atoms with van der Waals surface area (Å²) in [5, 5.41) is 0.672. The van der Waals surface area contributed by atoms with Crippen LogP contribution >= 0.6 is 11.6 Å². The monoisotopic (exact) mass is 251 g/mol. The molecule has 1 aromatic rings. The maximum absolute atomic E-state index is 12.4. The number of rotatable bonds is 4. The fraction of sp³-hybridized carbons (Fsp3) is 0.500. The van der Waals surface area contributed by atoms with Crippen LogP contribution < -0.4 is 5.73 Å². The third kappa shape index (κ3) is 2.53. The zero-order valence-corrected chi connectivity index (χ0v) is 10.7. The Labute approximate surface area is 107 Å². The number of carbonyl (C=O) groups is 1. The molecule has 0 amide bonds. The van der Waals surface area contributed by atoms with E-state index in [0.29, 0.717) is 18.0 Å². The molecule has 2 N–H and O–H groups in total. The summed E-state index contributed by atoms with van der Waals surface area (Å²) in [5.41, 5.74) is 6.44. The van der Waals surface area contributed by atoms with E-state index in [0.717, 1.165) is 31.2 Å². The summed E-state index contributed by atoms with van der Waals surface area (Å²) in [6, 6.07) is 7.54. The second kappa shape index (κ2) is 5.19. The first-order valence-electron chi connectivity index (χ1n) is 6.15. The summed E-state index contributed by atoms with van der Waals surface area (Å²) in [7, 11) is 0. The van der Waals surface area contributed by atoms with Crippen LogP contribution in [0.3, 0.4) is 0 Å². The minimum absolute atomic E-state index is 0.255. The number of nitrogens with two attached hydrogens (primary N) is 1. The molecule has 0 unspecified atom stereocenters. The maximum atomic E-state index is 12.4. The fourth-order valence-electron chi connectivity index (χ4n) is 2.65. The number of benzene rings is 1. The van der Waals surface area contributed by atoms with Gasteiger partial charge in [0, 0.05) is 23.4 Å². The van der Waals surface area contributed by atoms with Crippen LogP contribution in [0.4, 0.5) is 0 Å². The lowest BCUT2D eigenvalue weighted by Crippen LogP contribution is -2.37. The summed E-state index contributed by atoms with van der Waals surface area (Å²) in [6.45, 7) is 0.469. The van der Waals surface area contributed by atoms with Gasteiger partial charge in [-0.15, -0.1) is 0 Å². The Morgan fingerprint density at radius 1 is 1.29 bits per heavy atom. The van der Waals surface area contributed by atoms with Gasteiger partial charge in [-0.1, -0.05) is 42.6 Å². The van der Waals surface area contributed by atoms with E-state index in [1.54, 1.807) is 0 Å². The molecule has 0 aromatic heterocycles. The van der Waals surface area contributed by atoms with E-state index >= 15 is 0 Å². The fourth-order valence-corrected chi connectivity index (χ4v) is 2.85. The summed E-state index contributed by atoms with van der Waals surface area (Å²) < 4.78 is 0. The van der Waals surface area contributed by atoms with E-state index in [1.165, 1.54) is 0 Å². The highest BCUT2D eigenvalue weighted by Gasteiger charge is 2.39. The molecule has 0 atom stereocenters. The van der Waals surface area contributed by atoms with E-state index in [2.05, 4.69) is 0 Å². The van der Waals surface area contributed by atoms with E-state index < -0.39 is 0 Å². The van der Waals surface area contributed by atoms with Gasteiger partial charge in [-0.2, -0.15) is 0 Å². The first kappa shape index (κ1) is 12.6. The van der Waals surface area contributed by atoms with E-state index in [9.17, 15) is 4.79 Å². The van der Waals surface area contributed by atoms with Crippen molar-refractivity contribution in [2.24, 2.45) is 11.1 Å². The molecule has 0 heterocycles. The van der Waals surface area contributed by atoms with Crippen LogP contribution in [-0.4, -0.2) is 12.3 Å². The molecule has 1 aliphatic rings. The largest absolute Gasteiger partial charge is 0.329 e. The van der Waals surface area contributed by atoms with Crippen molar-refractivity contribution in [2.45, 2.75) is 32.1 Å². The number of hydrogen-bond acceptors (Lipinski definition) is 2. The molecule has 1 saturated carbocycles. The third-order valence-corrected chi connectivity index (χ3v) is 4.22. The second-order valence-corrected chi connectivity index (χ2v) is 5.29. The molecule has 0 bridgehead atoms. The third-order valence-electron chi connectivity index (χ3n) is 3.85. The molecule has 0 spiro atoms. The molecule has 0 aliphatic heterocycles. The van der Waals surface area contributed by atoms with E-state index in [4.69, 9.17) is 17.3 Å². The lowest BCUT2D eigenvalue weighted by atomic mass is 9.79. The molecule has 1 aliphatic carbocycles. The van der Waals surface area contributed by atoms with Gasteiger partial charge in [0.05, 0.1) is 0 Å². The van der Waals surface area contributed by atoms with Gasteiger partial charge in [0.1, 0.15) is 5.78 Å². The van der Waals surface area contributed by atoms with Gasteiger partial charge in [-0.25, -0.2) is 0 Å². The average molecular weight is 252 g/mol. The highest BCUT2D eigenvalue weighted by molar-refractivity contribution is 6.31. The lowest BCUT2D eigenvalue weighted by molar-refractivity contribution is -0.127. The van der Waals surface area contributed by atoms with Gasteiger partial charge in [-0.3, -0.25) is 4.79 Å². The Morgan fingerprint density at radius 3 is 2.53 bits per heavy atom. The molecule has 0 saturated heterocycles. The van der Waals surface area contributed by atoms with Crippen LogP contribution in [-0.2, 0) is 11.2 Å². The highest BCUT2D eigenvalue weighted by atomic mass is 35.5. The molecule has 17 heavy (non-hydrogen) atoms. The molecule has 2 rings (SSSR count). The van der Waals surface area contributed by atoms with Gasteiger partial charge in [0.25, 0.3) is 0 Å². The van der Waals surface area contributed by atoms with Crippen molar-refractivity contribution in [2.75, 3.05) is 6.54 Å². The summed E-state index contributed by atoms with van der Waals surface area (Å²) in [6.07, 6.45) is 4.52. The predicted octanol–water partition coefficient (Wildman–Crippen LogP) is 2.97. The molecular formula is C14H18ClNO. The van der Waals surface area contributed by atoms with Crippen LogP contribution in [0.1, 0.15) is 31.2 Å². The lowest BCUT2D eigenvalue weighted by Gasteiger charge is -2.25. The summed E-state index contributed by atoms with van der Waals surface area (Å²) >= 11 is 6.08. The number of ketones is 1. The SMILES string of the molecule is NCC1(C(=O)Cc2ccccc2Cl)CCCC1. The Morgan fingerprint density at radius 2 is 1.94 bits per heavy atom. The quantitative estimate of drug-likeness (QED) is 0.894. The Hall–Kier alpha value is -0.860. The van der Waals surface area contributed by atoms with Crippen molar-refractivity contribution < 1.29 is 4.79 Å². The van der Waals surface area contributed by atoms with Gasteiger partial charge in [-0.05, 0) is 24.5 Å². The van der Waals surface area contributed by atoms with E-state index in [1.807, 2.05) is 24.3 Å². The predicted molar refractivity (Wildman–Crippen MR) is 70.1 cm³/mol. The highest BCUT2D eigenvalue weighted by Crippen LogP contribution is 2.39. The first-order chi connectivity index (χ1) is 8.18. The Balaban J connectivity index is 2.14. The first-order valence-corrected chi connectivity index (χ1v) is 6.52. The van der Waals surface area contributed by atoms with Crippen LogP contribution in [0.2, 0.25) is 5.02 Å². The molecular weight excluding hydrogens is 234 g/mol. The van der Waals surface area contributed by atoms with Crippen LogP contribution in [0.15, 0.2) is 24.3 Å². The van der Waals surface area contributed by atoms with Crippen molar-refractivity contribution in [3.63, 3.8) is 0 Å². The van der Waals surface area contributed by atoms with Gasteiger partial charge in [0.15, 0.2) is 0 Å². The zero-order valence-electron chi connectivity index (χ0n) is 9.92. The van der Waals surface area contributed by atoms with Gasteiger partial charge < -0.3 is 5.73 Å². The molecule has 92 valence electrons. The maximum Gasteiger partial charge on any atom is 0.144 e. The molecule has 2 nitrogen and oxygen atoms in total. The van der Waals surface area contributed by atoms with Crippen molar-refractivity contribution in [1.82, 2.24) is 0 Å². The van der Waals surface area contributed by atoms with Gasteiger partial charge in [0.2, 0.25) is 0 Å². The average Bonchev–Trinajstić information content (AvgIpc) is 2.82. The molecule has 1 aromatic carbocycles. The number of halogens is 1. The van der Waals surface area contributed by atoms with Crippen molar-refractivity contribution in [3.05, 3.63) is 34.9 Å². The van der Waals surface area contributed by atoms with Crippen molar-refractivity contribution in [1.29, 1.82) is 0 Å². The van der Waals surface area contributed by atoms with E-state index in [-0.39, 0.29) is 11.2 Å². The number of Topliss-reactive ketones (excluding diaryl/α,β-unsaturated/α-hetero) is 1. The summed E-state index contributed by atoms with van der Waals surface area (Å²) in [5.74, 6) is 0.255. The van der Waals surface area contributed by atoms with Crippen molar-refractivity contribution >= 4 is 17.4 Å². The standard InChI is InChI=1S/C14H18ClNO/c15-12-6-2-1-5-11(12)9-13(17)14(10-16)7-3-4-8-14/h1-2,5-6H,3-4,7-10,16H2. The molecule has 0 radical (unpaired) electrons. The van der Waals surface area contributed by atoms with Crippen LogP contribution in [0.25, 0.3) is 0 Å². The topological polar surface area (TPSA) is 43.1 Å². The van der Waals surface area contributed by atoms with Crippen LogP contribution in [0, 0.1) is 5.41 Å². The van der Waals surface area contributed by atoms with Crippen LogP contribution in [0.5, 0.6) is 0 Å². The second-order valence-electron chi connectivity index (χ2n) is 4.88. The number of carbonyl (C=O) groups excluding carboxylic acids is 1. The molecule has 3 heteroatoms. The summed E-state index contributed by atoms with van der Waals surface area (Å²) in [4.78, 5) is 12.4. The van der Waals surface area contributed by atoms with Gasteiger partial charge >= 0.3 is 0 Å². The normalized spacial score (nSPS) is 18.2. The molecule has 1 fully saturated rings. The minimum Gasteiger partial charge on any atom is -0.329 e. The Bertz CT molecular complexity index is 410. The van der Waals surface area contributed by atoms with Crippen molar-refractivity contribution in [3.8, 4) is 0 Å². The minimum atomic E-state index is -0.279. The Kier molecular flexibility index (Phi) is 3.85. The zero-order chi connectivity index (χ0) is 12.3. The smallest absolute Gasteiger partial charge is 0.144 e.